The van der Waals surface area contributed by atoms with Crippen LogP contribution in [0.25, 0.3) is 11.1 Å². The van der Waals surface area contributed by atoms with Crippen molar-refractivity contribution in [3.05, 3.63) is 84.4 Å². The topological polar surface area (TPSA) is 59.2 Å². The van der Waals surface area contributed by atoms with Gasteiger partial charge in [0.1, 0.15) is 10.5 Å². The molecule has 0 N–H and O–H groups in total. The van der Waals surface area contributed by atoms with Gasteiger partial charge in [0.05, 0.1) is 5.92 Å². The number of carbonyl (C=O) groups excluding carboxylic acids is 1. The molecule has 0 spiro atoms. The number of hydrogen-bond donors (Lipinski definition) is 0. The van der Waals surface area contributed by atoms with Gasteiger partial charge in [0.2, 0.25) is 0 Å². The molecule has 6 heteroatoms. The molecule has 1 aliphatic heterocycles. The number of aromatic nitrogens is 2. The van der Waals surface area contributed by atoms with Gasteiger partial charge in [-0.25, -0.2) is 9.97 Å². The Morgan fingerprint density at radius 3 is 2.67 bits per heavy atom. The molecule has 4 aromatic rings. The van der Waals surface area contributed by atoms with Crippen molar-refractivity contribution in [2.24, 2.45) is 0 Å². The van der Waals surface area contributed by atoms with Crippen LogP contribution in [0.1, 0.15) is 35.0 Å². The summed E-state index contributed by atoms with van der Waals surface area (Å²) < 4.78 is 5.96. The normalized spacial score (nSPS) is 16.7. The molecule has 0 radical (unpaired) electrons. The van der Waals surface area contributed by atoms with Crippen LogP contribution in [0, 0.1) is 0 Å². The zero-order chi connectivity index (χ0) is 20.3. The highest BCUT2D eigenvalue weighted by molar-refractivity contribution is 7.99. The van der Waals surface area contributed by atoms with Crippen molar-refractivity contribution >= 4 is 28.8 Å². The molecule has 1 atom stereocenters. The molecule has 1 saturated heterocycles. The van der Waals surface area contributed by atoms with Crippen molar-refractivity contribution < 1.29 is 9.21 Å². The average Bonchev–Trinajstić information content (AvgIpc) is 3.24. The lowest BCUT2D eigenvalue weighted by Gasteiger charge is -2.31. The number of benzene rings is 2. The predicted molar refractivity (Wildman–Crippen MR) is 117 cm³/mol. The van der Waals surface area contributed by atoms with Gasteiger partial charge in [-0.1, -0.05) is 30.0 Å². The number of likely N-dealkylation sites (tertiary alicyclic amines) is 1. The summed E-state index contributed by atoms with van der Waals surface area (Å²) in [6, 6.07) is 21.4. The molecule has 1 fully saturated rings. The molecule has 2 aromatic carbocycles. The van der Waals surface area contributed by atoms with E-state index >= 15 is 0 Å². The van der Waals surface area contributed by atoms with Gasteiger partial charge < -0.3 is 9.32 Å². The molecule has 2 aromatic heterocycles. The molecular formula is C24H21N3O2S. The molecular weight excluding hydrogens is 394 g/mol. The second-order valence-electron chi connectivity index (χ2n) is 7.40. The maximum atomic E-state index is 13.1. The van der Waals surface area contributed by atoms with E-state index in [1.54, 1.807) is 18.0 Å². The molecule has 0 aliphatic carbocycles. The van der Waals surface area contributed by atoms with E-state index in [9.17, 15) is 4.79 Å². The maximum absolute atomic E-state index is 13.1. The van der Waals surface area contributed by atoms with E-state index in [0.717, 1.165) is 46.3 Å². The SMILES string of the molecule is O=C(c1ccc(Sc2ccccn2)cc1)N1CCCC(c2nc3ccccc3o2)C1. The average molecular weight is 416 g/mol. The number of carbonyl (C=O) groups is 1. The lowest BCUT2D eigenvalue weighted by atomic mass is 9.97. The number of amides is 1. The third-order valence-corrected chi connectivity index (χ3v) is 6.29. The lowest BCUT2D eigenvalue weighted by molar-refractivity contribution is 0.0699. The Morgan fingerprint density at radius 1 is 1.03 bits per heavy atom. The van der Waals surface area contributed by atoms with Crippen molar-refractivity contribution in [3.63, 3.8) is 0 Å². The molecule has 0 bridgehead atoms. The Morgan fingerprint density at radius 2 is 1.87 bits per heavy atom. The van der Waals surface area contributed by atoms with E-state index in [0.29, 0.717) is 12.1 Å². The van der Waals surface area contributed by atoms with Crippen LogP contribution in [0.15, 0.2) is 87.3 Å². The van der Waals surface area contributed by atoms with Gasteiger partial charge in [0, 0.05) is 29.7 Å². The molecule has 30 heavy (non-hydrogen) atoms. The molecule has 5 nitrogen and oxygen atoms in total. The van der Waals surface area contributed by atoms with Crippen LogP contribution in [0.3, 0.4) is 0 Å². The highest BCUT2D eigenvalue weighted by Gasteiger charge is 2.28. The van der Waals surface area contributed by atoms with Gasteiger partial charge in [-0.2, -0.15) is 0 Å². The van der Waals surface area contributed by atoms with Crippen LogP contribution in [0.2, 0.25) is 0 Å². The molecule has 3 heterocycles. The van der Waals surface area contributed by atoms with Crippen LogP contribution < -0.4 is 0 Å². The van der Waals surface area contributed by atoms with E-state index in [4.69, 9.17) is 4.42 Å². The van der Waals surface area contributed by atoms with E-state index < -0.39 is 0 Å². The standard InChI is InChI=1S/C24H21N3O2S/c28-24(17-10-12-19(13-11-17)30-22-9-3-4-14-25-22)27-15-5-6-18(16-27)23-26-20-7-1-2-8-21(20)29-23/h1-4,7-14,18H,5-6,15-16H2. The lowest BCUT2D eigenvalue weighted by Crippen LogP contribution is -2.39. The summed E-state index contributed by atoms with van der Waals surface area (Å²) >= 11 is 1.59. The minimum Gasteiger partial charge on any atom is -0.440 e. The Labute approximate surface area is 179 Å². The summed E-state index contributed by atoms with van der Waals surface area (Å²) in [5.41, 5.74) is 2.38. The van der Waals surface area contributed by atoms with Crippen molar-refractivity contribution in [1.29, 1.82) is 0 Å². The first-order valence-electron chi connectivity index (χ1n) is 10.1. The van der Waals surface area contributed by atoms with E-state index in [1.165, 1.54) is 0 Å². The summed E-state index contributed by atoms with van der Waals surface area (Å²) in [7, 11) is 0. The number of fused-ring (bicyclic) bond motifs is 1. The summed E-state index contributed by atoms with van der Waals surface area (Å²) in [6.45, 7) is 1.40. The van der Waals surface area contributed by atoms with Crippen molar-refractivity contribution in [2.75, 3.05) is 13.1 Å². The molecule has 5 rings (SSSR count). The van der Waals surface area contributed by atoms with Gasteiger partial charge >= 0.3 is 0 Å². The minimum atomic E-state index is 0.0604. The van der Waals surface area contributed by atoms with Crippen molar-refractivity contribution in [1.82, 2.24) is 14.9 Å². The Kier molecular flexibility index (Phi) is 5.24. The number of pyridine rings is 1. The first kappa shape index (κ1) is 18.9. The van der Waals surface area contributed by atoms with Crippen molar-refractivity contribution in [3.8, 4) is 0 Å². The highest BCUT2D eigenvalue weighted by Crippen LogP contribution is 2.30. The fraction of sp³-hybridized carbons (Fsp3) is 0.208. The van der Waals surface area contributed by atoms with E-state index in [2.05, 4.69) is 9.97 Å². The minimum absolute atomic E-state index is 0.0604. The summed E-state index contributed by atoms with van der Waals surface area (Å²) in [6.07, 6.45) is 3.71. The molecule has 150 valence electrons. The number of rotatable bonds is 4. The fourth-order valence-electron chi connectivity index (χ4n) is 3.80. The molecule has 0 saturated carbocycles. The van der Waals surface area contributed by atoms with E-state index in [-0.39, 0.29) is 11.8 Å². The quantitative estimate of drug-likeness (QED) is 0.447. The number of nitrogens with zero attached hydrogens (tertiary/aromatic N) is 3. The third kappa shape index (κ3) is 3.96. The molecule has 1 aliphatic rings. The Balaban J connectivity index is 1.28. The van der Waals surface area contributed by atoms with Crippen LogP contribution in [-0.4, -0.2) is 33.9 Å². The highest BCUT2D eigenvalue weighted by atomic mass is 32.2. The fourth-order valence-corrected chi connectivity index (χ4v) is 4.58. The Bertz CT molecular complexity index is 1130. The van der Waals surface area contributed by atoms with Crippen LogP contribution in [0.4, 0.5) is 0 Å². The number of para-hydroxylation sites is 2. The van der Waals surface area contributed by atoms with Crippen LogP contribution >= 0.6 is 11.8 Å². The zero-order valence-electron chi connectivity index (χ0n) is 16.4. The third-order valence-electron chi connectivity index (χ3n) is 5.33. The number of piperidine rings is 1. The van der Waals surface area contributed by atoms with Gasteiger partial charge in [-0.15, -0.1) is 0 Å². The smallest absolute Gasteiger partial charge is 0.253 e. The number of hydrogen-bond acceptors (Lipinski definition) is 5. The van der Waals surface area contributed by atoms with E-state index in [1.807, 2.05) is 71.6 Å². The summed E-state index contributed by atoms with van der Waals surface area (Å²) in [5, 5.41) is 0.939. The van der Waals surface area contributed by atoms with Gasteiger partial charge in [-0.05, 0) is 61.4 Å². The first-order chi connectivity index (χ1) is 14.8. The van der Waals surface area contributed by atoms with Gasteiger partial charge in [0.15, 0.2) is 11.5 Å². The van der Waals surface area contributed by atoms with Gasteiger partial charge in [-0.3, -0.25) is 4.79 Å². The Hall–Kier alpha value is -3.12. The van der Waals surface area contributed by atoms with Crippen LogP contribution in [0.5, 0.6) is 0 Å². The second-order valence-corrected chi connectivity index (χ2v) is 8.50. The first-order valence-corrected chi connectivity index (χ1v) is 10.9. The predicted octanol–water partition coefficient (Wildman–Crippen LogP) is 5.39. The van der Waals surface area contributed by atoms with Gasteiger partial charge in [0.25, 0.3) is 5.91 Å². The zero-order valence-corrected chi connectivity index (χ0v) is 17.2. The monoisotopic (exact) mass is 415 g/mol. The largest absolute Gasteiger partial charge is 0.440 e. The number of oxazole rings is 1. The summed E-state index contributed by atoms with van der Waals surface area (Å²) in [5.74, 6) is 0.926. The molecule has 1 amide bonds. The second kappa shape index (κ2) is 8.32. The van der Waals surface area contributed by atoms with Crippen LogP contribution in [-0.2, 0) is 0 Å². The summed E-state index contributed by atoms with van der Waals surface area (Å²) in [4.78, 5) is 25.0. The molecule has 1 unspecified atom stereocenters. The maximum Gasteiger partial charge on any atom is 0.253 e. The van der Waals surface area contributed by atoms with Crippen molar-refractivity contribution in [2.45, 2.75) is 28.7 Å².